The van der Waals surface area contributed by atoms with Gasteiger partial charge in [-0.3, -0.25) is 9.69 Å². The molecule has 1 amide bonds. The van der Waals surface area contributed by atoms with Gasteiger partial charge in [0.2, 0.25) is 0 Å². The second kappa shape index (κ2) is 11.0. The van der Waals surface area contributed by atoms with Gasteiger partial charge in [-0.25, -0.2) is 0 Å². The van der Waals surface area contributed by atoms with Crippen molar-refractivity contribution in [2.75, 3.05) is 25.0 Å². The number of halogens is 3. The Morgan fingerprint density at radius 3 is 2.16 bits per heavy atom. The van der Waals surface area contributed by atoms with Gasteiger partial charge in [-0.2, -0.15) is 13.2 Å². The first-order chi connectivity index (χ1) is 17.9. The predicted octanol–water partition coefficient (Wildman–Crippen LogP) is 7.27. The Bertz CT molecular complexity index is 1190. The molecule has 2 aliphatic heterocycles. The number of anilines is 1. The minimum absolute atomic E-state index is 0.257. The summed E-state index contributed by atoms with van der Waals surface area (Å²) in [5, 5.41) is 2.89. The average molecular weight is 509 g/mol. The van der Waals surface area contributed by atoms with E-state index in [-0.39, 0.29) is 5.91 Å². The molecule has 0 spiro atoms. The van der Waals surface area contributed by atoms with Crippen molar-refractivity contribution in [2.45, 2.75) is 44.3 Å². The van der Waals surface area contributed by atoms with E-state index in [1.54, 1.807) is 24.3 Å². The van der Waals surface area contributed by atoms with Crippen LogP contribution in [0.4, 0.5) is 18.9 Å². The number of nitrogens with one attached hydrogen (secondary N) is 1. The van der Waals surface area contributed by atoms with E-state index in [1.165, 1.54) is 57.3 Å². The molecule has 0 bridgehead atoms. The maximum Gasteiger partial charge on any atom is 0.416 e. The summed E-state index contributed by atoms with van der Waals surface area (Å²) in [6.45, 7) is 3.15. The third-order valence-corrected chi connectivity index (χ3v) is 7.50. The van der Waals surface area contributed by atoms with Crippen molar-refractivity contribution in [3.63, 3.8) is 0 Å². The number of ether oxygens (including phenoxy) is 1. The first kappa shape index (κ1) is 25.3. The first-order valence-corrected chi connectivity index (χ1v) is 12.9. The number of alkyl halides is 3. The number of fused-ring (bicyclic) bond motifs is 1. The highest BCUT2D eigenvalue weighted by atomic mass is 19.4. The van der Waals surface area contributed by atoms with E-state index in [0.29, 0.717) is 28.8 Å². The highest BCUT2D eigenvalue weighted by molar-refractivity contribution is 6.04. The number of rotatable bonds is 6. The number of carbonyl (C=O) groups excluding carboxylic acids is 1. The zero-order chi connectivity index (χ0) is 25.8. The Hall–Kier alpha value is -3.32. The standard InChI is InChI=1S/C30H31F3N2O2/c31-30(32,33)25-12-10-22(11-13-25)21-6-8-23(9-7-21)29(36)34-26-14-16-27(17-15-26)37-20-24-4-3-19-35-18-2-1-5-28(24)35/h6-17,24,28H,1-5,18-20H2,(H,34,36)/t24-,28+/m0/s1. The predicted molar refractivity (Wildman–Crippen MR) is 139 cm³/mol. The molecule has 3 aromatic carbocycles. The summed E-state index contributed by atoms with van der Waals surface area (Å²) in [6, 6.07) is 19.8. The molecular formula is C30H31F3N2O2. The third kappa shape index (κ3) is 6.16. The molecule has 7 heteroatoms. The molecule has 3 aromatic rings. The van der Waals surface area contributed by atoms with Gasteiger partial charge in [0, 0.05) is 23.2 Å². The lowest BCUT2D eigenvalue weighted by molar-refractivity contribution is -0.137. The molecule has 2 fully saturated rings. The minimum atomic E-state index is -4.36. The fraction of sp³-hybridized carbons (Fsp3) is 0.367. The van der Waals surface area contributed by atoms with E-state index >= 15 is 0 Å². The normalized spacial score (nSPS) is 20.2. The fourth-order valence-electron chi connectivity index (χ4n) is 5.48. The molecular weight excluding hydrogens is 477 g/mol. The van der Waals surface area contributed by atoms with Crippen LogP contribution in [0.1, 0.15) is 48.0 Å². The summed E-state index contributed by atoms with van der Waals surface area (Å²) in [4.78, 5) is 15.3. The van der Waals surface area contributed by atoms with Gasteiger partial charge < -0.3 is 10.1 Å². The average Bonchev–Trinajstić information content (AvgIpc) is 2.92. The van der Waals surface area contributed by atoms with E-state index in [2.05, 4.69) is 10.2 Å². The Morgan fingerprint density at radius 1 is 0.838 bits per heavy atom. The van der Waals surface area contributed by atoms with Gasteiger partial charge in [-0.1, -0.05) is 30.7 Å². The van der Waals surface area contributed by atoms with Gasteiger partial charge in [0.25, 0.3) is 5.91 Å². The number of amides is 1. The molecule has 2 saturated heterocycles. The lowest BCUT2D eigenvalue weighted by Gasteiger charge is -2.44. The lowest BCUT2D eigenvalue weighted by atomic mass is 9.84. The van der Waals surface area contributed by atoms with Gasteiger partial charge in [0.1, 0.15) is 5.75 Å². The van der Waals surface area contributed by atoms with E-state index in [4.69, 9.17) is 4.74 Å². The van der Waals surface area contributed by atoms with E-state index in [1.807, 2.05) is 24.3 Å². The molecule has 0 aliphatic carbocycles. The topological polar surface area (TPSA) is 41.6 Å². The molecule has 4 nitrogen and oxygen atoms in total. The largest absolute Gasteiger partial charge is 0.493 e. The van der Waals surface area contributed by atoms with Gasteiger partial charge in [0.15, 0.2) is 0 Å². The molecule has 0 saturated carbocycles. The molecule has 0 aromatic heterocycles. The van der Waals surface area contributed by atoms with Crippen molar-refractivity contribution in [3.05, 3.63) is 83.9 Å². The number of carbonyl (C=O) groups is 1. The van der Waals surface area contributed by atoms with Gasteiger partial charge >= 0.3 is 6.18 Å². The van der Waals surface area contributed by atoms with Crippen molar-refractivity contribution in [1.82, 2.24) is 4.90 Å². The minimum Gasteiger partial charge on any atom is -0.493 e. The summed E-state index contributed by atoms with van der Waals surface area (Å²) in [5.41, 5.74) is 1.83. The second-order valence-electron chi connectivity index (χ2n) is 9.94. The summed E-state index contributed by atoms with van der Waals surface area (Å²) < 4.78 is 44.5. The molecule has 1 N–H and O–H groups in total. The van der Waals surface area contributed by atoms with Crippen LogP contribution < -0.4 is 10.1 Å². The van der Waals surface area contributed by atoms with Crippen molar-refractivity contribution in [1.29, 1.82) is 0 Å². The van der Waals surface area contributed by atoms with Crippen molar-refractivity contribution in [3.8, 4) is 16.9 Å². The lowest BCUT2D eigenvalue weighted by Crippen LogP contribution is -2.49. The summed E-state index contributed by atoms with van der Waals surface area (Å²) in [7, 11) is 0. The highest BCUT2D eigenvalue weighted by Crippen LogP contribution is 2.32. The fourth-order valence-corrected chi connectivity index (χ4v) is 5.48. The Morgan fingerprint density at radius 2 is 1.49 bits per heavy atom. The van der Waals surface area contributed by atoms with Crippen LogP contribution in [-0.2, 0) is 6.18 Å². The third-order valence-electron chi connectivity index (χ3n) is 7.50. The van der Waals surface area contributed by atoms with Crippen LogP contribution in [0.3, 0.4) is 0 Å². The first-order valence-electron chi connectivity index (χ1n) is 12.9. The zero-order valence-corrected chi connectivity index (χ0v) is 20.6. The van der Waals surface area contributed by atoms with Crippen LogP contribution >= 0.6 is 0 Å². The van der Waals surface area contributed by atoms with Crippen LogP contribution in [0.5, 0.6) is 5.75 Å². The molecule has 37 heavy (non-hydrogen) atoms. The van der Waals surface area contributed by atoms with E-state index in [0.717, 1.165) is 30.1 Å². The molecule has 2 aliphatic rings. The number of hydrogen-bond acceptors (Lipinski definition) is 3. The number of benzene rings is 3. The SMILES string of the molecule is O=C(Nc1ccc(OC[C@@H]2CCCN3CCCC[C@H]23)cc1)c1ccc(-c2ccc(C(F)(F)F)cc2)cc1. The maximum absolute atomic E-state index is 12.8. The zero-order valence-electron chi connectivity index (χ0n) is 20.6. The number of hydrogen-bond donors (Lipinski definition) is 1. The smallest absolute Gasteiger partial charge is 0.416 e. The van der Waals surface area contributed by atoms with Gasteiger partial charge in [-0.15, -0.1) is 0 Å². The second-order valence-corrected chi connectivity index (χ2v) is 9.94. The molecule has 0 radical (unpaired) electrons. The number of nitrogens with zero attached hydrogens (tertiary/aromatic N) is 1. The van der Waals surface area contributed by atoms with Gasteiger partial charge in [-0.05, 0) is 98.4 Å². The van der Waals surface area contributed by atoms with Crippen molar-refractivity contribution < 1.29 is 22.7 Å². The Balaban J connectivity index is 1.14. The molecule has 2 atom stereocenters. The maximum atomic E-state index is 12.8. The van der Waals surface area contributed by atoms with Crippen LogP contribution in [0, 0.1) is 5.92 Å². The van der Waals surface area contributed by atoms with E-state index in [9.17, 15) is 18.0 Å². The quantitative estimate of drug-likeness (QED) is 0.381. The van der Waals surface area contributed by atoms with Crippen molar-refractivity contribution in [2.24, 2.45) is 5.92 Å². The van der Waals surface area contributed by atoms with Crippen LogP contribution in [-0.4, -0.2) is 36.5 Å². The molecule has 5 rings (SSSR count). The van der Waals surface area contributed by atoms with E-state index < -0.39 is 11.7 Å². The summed E-state index contributed by atoms with van der Waals surface area (Å²) in [5.74, 6) is 1.11. The van der Waals surface area contributed by atoms with Crippen LogP contribution in [0.25, 0.3) is 11.1 Å². The van der Waals surface area contributed by atoms with Gasteiger partial charge in [0.05, 0.1) is 12.2 Å². The van der Waals surface area contributed by atoms with Crippen LogP contribution in [0.15, 0.2) is 72.8 Å². The van der Waals surface area contributed by atoms with Crippen LogP contribution in [0.2, 0.25) is 0 Å². The highest BCUT2D eigenvalue weighted by Gasteiger charge is 2.33. The Kier molecular flexibility index (Phi) is 7.51. The summed E-state index contributed by atoms with van der Waals surface area (Å²) in [6.07, 6.45) is 1.97. The molecule has 2 heterocycles. The summed E-state index contributed by atoms with van der Waals surface area (Å²) >= 11 is 0. The Labute approximate surface area is 215 Å². The monoisotopic (exact) mass is 508 g/mol. The molecule has 0 unspecified atom stereocenters. The number of piperidine rings is 2. The van der Waals surface area contributed by atoms with Crippen molar-refractivity contribution >= 4 is 11.6 Å². The molecule has 194 valence electrons.